The van der Waals surface area contributed by atoms with Gasteiger partial charge < -0.3 is 18.9 Å². The molecule has 4 atom stereocenters. The summed E-state index contributed by atoms with van der Waals surface area (Å²) in [5.74, 6) is 4.32. The highest BCUT2D eigenvalue weighted by molar-refractivity contribution is 5.39. The molecule has 1 aromatic rings. The zero-order valence-corrected chi connectivity index (χ0v) is 25.3. The third-order valence-electron chi connectivity index (χ3n) is 7.66. The maximum absolute atomic E-state index is 6.50. The molecule has 0 aliphatic heterocycles. The predicted octanol–water partition coefficient (Wildman–Crippen LogP) is 8.26. The molecule has 0 saturated carbocycles. The first-order chi connectivity index (χ1) is 17.5. The van der Waals surface area contributed by atoms with Crippen LogP contribution in [-0.4, -0.2) is 38.6 Å². The molecule has 0 radical (unpaired) electrons. The van der Waals surface area contributed by atoms with Gasteiger partial charge in [0.2, 0.25) is 0 Å². The van der Waals surface area contributed by atoms with Crippen LogP contribution in [0.3, 0.4) is 0 Å². The molecule has 4 nitrogen and oxygen atoms in total. The van der Waals surface area contributed by atoms with Crippen molar-refractivity contribution in [2.45, 2.75) is 94.3 Å². The molecule has 37 heavy (non-hydrogen) atoms. The molecular weight excluding hydrogens is 460 g/mol. The average molecular weight is 515 g/mol. The summed E-state index contributed by atoms with van der Waals surface area (Å²) in [6.45, 7) is 24.6. The first-order valence-corrected chi connectivity index (χ1v) is 14.5. The van der Waals surface area contributed by atoms with Crippen LogP contribution in [0.4, 0.5) is 0 Å². The van der Waals surface area contributed by atoms with Crippen LogP contribution < -0.4 is 4.74 Å². The van der Waals surface area contributed by atoms with Crippen LogP contribution in [-0.2, 0) is 20.6 Å². The Morgan fingerprint density at radius 2 is 1.38 bits per heavy atom. The van der Waals surface area contributed by atoms with Crippen LogP contribution in [0.2, 0.25) is 0 Å². The van der Waals surface area contributed by atoms with E-state index in [1.165, 1.54) is 16.7 Å². The Balaban J connectivity index is 2.05. The summed E-state index contributed by atoms with van der Waals surface area (Å²) >= 11 is 0. The van der Waals surface area contributed by atoms with E-state index in [1.54, 1.807) is 0 Å². The summed E-state index contributed by atoms with van der Waals surface area (Å²) in [6.07, 6.45) is 4.89. The Hall–Kier alpha value is -1.78. The fraction of sp³-hybridized carbons (Fsp3) is 0.697. The van der Waals surface area contributed by atoms with E-state index < -0.39 is 0 Å². The molecule has 0 fully saturated rings. The summed E-state index contributed by atoms with van der Waals surface area (Å²) in [5, 5.41) is 0. The zero-order chi connectivity index (χ0) is 27.5. The molecule has 0 saturated heterocycles. The minimum atomic E-state index is 0.237. The van der Waals surface area contributed by atoms with Crippen molar-refractivity contribution in [2.24, 2.45) is 29.6 Å². The van der Waals surface area contributed by atoms with Gasteiger partial charge in [0.25, 0.3) is 0 Å². The van der Waals surface area contributed by atoms with E-state index in [2.05, 4.69) is 93.5 Å². The Morgan fingerprint density at radius 1 is 0.784 bits per heavy atom. The van der Waals surface area contributed by atoms with Crippen LogP contribution in [0, 0.1) is 29.6 Å². The van der Waals surface area contributed by atoms with Crippen LogP contribution in [0.25, 0.3) is 0 Å². The topological polar surface area (TPSA) is 36.9 Å². The van der Waals surface area contributed by atoms with Gasteiger partial charge in [0.15, 0.2) is 0 Å². The maximum atomic E-state index is 6.50. The smallest absolute Gasteiger partial charge is 0.122 e. The molecule has 4 unspecified atom stereocenters. The predicted molar refractivity (Wildman–Crippen MR) is 155 cm³/mol. The average Bonchev–Trinajstić information content (AvgIpc) is 2.83. The Bertz CT molecular complexity index is 867. The maximum Gasteiger partial charge on any atom is 0.122 e. The van der Waals surface area contributed by atoms with Gasteiger partial charge in [-0.3, -0.25) is 0 Å². The highest BCUT2D eigenvalue weighted by atomic mass is 16.5. The number of hydrogen-bond donors (Lipinski definition) is 0. The normalized spacial score (nSPS) is 18.8. The third-order valence-corrected chi connectivity index (χ3v) is 7.66. The molecule has 0 aromatic heterocycles. The van der Waals surface area contributed by atoms with Crippen molar-refractivity contribution >= 4 is 0 Å². The van der Waals surface area contributed by atoms with E-state index in [9.17, 15) is 0 Å². The van der Waals surface area contributed by atoms with Gasteiger partial charge >= 0.3 is 0 Å². The van der Waals surface area contributed by atoms with Gasteiger partial charge in [-0.05, 0) is 85.1 Å². The monoisotopic (exact) mass is 514 g/mol. The number of hydrogen-bond acceptors (Lipinski definition) is 4. The van der Waals surface area contributed by atoms with Gasteiger partial charge in [0, 0.05) is 0 Å². The highest BCUT2D eigenvalue weighted by Crippen LogP contribution is 2.39. The summed E-state index contributed by atoms with van der Waals surface area (Å²) in [7, 11) is 0. The zero-order valence-electron chi connectivity index (χ0n) is 25.3. The Kier molecular flexibility index (Phi) is 13.2. The summed E-state index contributed by atoms with van der Waals surface area (Å²) < 4.78 is 24.4. The molecule has 1 aromatic carbocycles. The SMILES string of the molecule is CC(C)C1=C(OCCOC(C)C(C)C)C(C(C)Cc2cccc(OCCOC(C)C(C)C)c2)=CCC1C. The van der Waals surface area contributed by atoms with Gasteiger partial charge in [0.05, 0.1) is 25.4 Å². The van der Waals surface area contributed by atoms with Crippen molar-refractivity contribution in [3.05, 3.63) is 52.8 Å². The van der Waals surface area contributed by atoms with Crippen molar-refractivity contribution in [1.29, 1.82) is 0 Å². The van der Waals surface area contributed by atoms with Crippen LogP contribution in [0.1, 0.15) is 81.2 Å². The molecule has 0 bridgehead atoms. The standard InChI is InChI=1S/C33H54O4/c1-22(2)27(9)34-16-18-36-30-13-11-12-29(21-30)20-26(8)31-15-14-25(7)32(24(5)6)33(31)37-19-17-35-28(10)23(3)4/h11-13,15,21-28H,14,16-20H2,1-10H3. The molecule has 1 aliphatic carbocycles. The molecule has 0 spiro atoms. The van der Waals surface area contributed by atoms with E-state index in [0.717, 1.165) is 24.4 Å². The fourth-order valence-corrected chi connectivity index (χ4v) is 4.72. The number of rotatable bonds is 16. The molecule has 210 valence electrons. The van der Waals surface area contributed by atoms with E-state index in [-0.39, 0.29) is 12.2 Å². The van der Waals surface area contributed by atoms with Gasteiger partial charge in [-0.25, -0.2) is 0 Å². The van der Waals surface area contributed by atoms with Crippen molar-refractivity contribution in [3.63, 3.8) is 0 Å². The lowest BCUT2D eigenvalue weighted by Gasteiger charge is -2.32. The van der Waals surface area contributed by atoms with Gasteiger partial charge in [-0.1, -0.05) is 73.6 Å². The largest absolute Gasteiger partial charge is 0.491 e. The second-order valence-electron chi connectivity index (χ2n) is 11.8. The van der Waals surface area contributed by atoms with E-state index >= 15 is 0 Å². The Labute approximate surface area is 227 Å². The van der Waals surface area contributed by atoms with Gasteiger partial charge in [0.1, 0.15) is 24.7 Å². The molecule has 0 amide bonds. The van der Waals surface area contributed by atoms with Gasteiger partial charge in [-0.2, -0.15) is 0 Å². The molecular formula is C33H54O4. The number of allylic oxidation sites excluding steroid dienone is 3. The van der Waals surface area contributed by atoms with E-state index in [1.807, 2.05) is 6.07 Å². The fourth-order valence-electron chi connectivity index (χ4n) is 4.72. The minimum absolute atomic E-state index is 0.237. The van der Waals surface area contributed by atoms with Gasteiger partial charge in [-0.15, -0.1) is 0 Å². The van der Waals surface area contributed by atoms with Crippen LogP contribution in [0.5, 0.6) is 5.75 Å². The number of ether oxygens (including phenoxy) is 4. The molecule has 1 aliphatic rings. The van der Waals surface area contributed by atoms with Crippen molar-refractivity contribution < 1.29 is 18.9 Å². The first-order valence-electron chi connectivity index (χ1n) is 14.5. The van der Waals surface area contributed by atoms with Crippen LogP contribution in [0.15, 0.2) is 47.2 Å². The summed E-state index contributed by atoms with van der Waals surface area (Å²) in [5.41, 5.74) is 4.05. The Morgan fingerprint density at radius 3 is 1.95 bits per heavy atom. The van der Waals surface area contributed by atoms with Crippen LogP contribution >= 0.6 is 0 Å². The lowest BCUT2D eigenvalue weighted by atomic mass is 9.78. The van der Waals surface area contributed by atoms with Crippen molar-refractivity contribution in [1.82, 2.24) is 0 Å². The number of benzene rings is 1. The first kappa shape index (κ1) is 31.4. The highest BCUT2D eigenvalue weighted by Gasteiger charge is 2.28. The lowest BCUT2D eigenvalue weighted by molar-refractivity contribution is 0.00692. The van der Waals surface area contributed by atoms with Crippen molar-refractivity contribution in [2.75, 3.05) is 26.4 Å². The lowest BCUT2D eigenvalue weighted by Crippen LogP contribution is -2.22. The molecule has 2 rings (SSSR count). The van der Waals surface area contributed by atoms with Crippen molar-refractivity contribution in [3.8, 4) is 5.75 Å². The second kappa shape index (κ2) is 15.6. The molecule has 0 heterocycles. The van der Waals surface area contributed by atoms with E-state index in [0.29, 0.717) is 56.0 Å². The quantitative estimate of drug-likeness (QED) is 0.208. The summed E-state index contributed by atoms with van der Waals surface area (Å²) in [4.78, 5) is 0. The molecule has 0 N–H and O–H groups in total. The third kappa shape index (κ3) is 10.1. The molecule has 4 heteroatoms. The second-order valence-corrected chi connectivity index (χ2v) is 11.8. The summed E-state index contributed by atoms with van der Waals surface area (Å²) in [6, 6.07) is 8.49. The minimum Gasteiger partial charge on any atom is -0.491 e. The van der Waals surface area contributed by atoms with E-state index in [4.69, 9.17) is 18.9 Å².